The molecule has 6 N–H and O–H groups in total. The van der Waals surface area contributed by atoms with Gasteiger partial charge < -0.3 is 31.1 Å². The monoisotopic (exact) mass is 390 g/mol. The Bertz CT molecular complexity index is 578. The minimum Gasteiger partial charge on any atom is -0.395 e. The van der Waals surface area contributed by atoms with Gasteiger partial charge in [-0.1, -0.05) is 60.7 Å². The fraction of sp³-hybridized carbons (Fsp3) is 0.455. The maximum atomic E-state index is 9.59. The summed E-state index contributed by atoms with van der Waals surface area (Å²) in [6.45, 7) is 2.59. The minimum atomic E-state index is -0.385. The molecule has 0 bridgehead atoms. The second-order valence-corrected chi connectivity index (χ2v) is 6.43. The topological polar surface area (TPSA) is 111 Å². The lowest BCUT2D eigenvalue weighted by atomic mass is 10.1. The zero-order chi connectivity index (χ0) is 20.5. The van der Waals surface area contributed by atoms with E-state index >= 15 is 0 Å². The first kappa shape index (κ1) is 24.2. The summed E-state index contributed by atoms with van der Waals surface area (Å²) < 4.78 is 5.11. The average Bonchev–Trinajstić information content (AvgIpc) is 3.54. The third-order valence-electron chi connectivity index (χ3n) is 3.82. The molecule has 2 aromatic carbocycles. The van der Waals surface area contributed by atoms with E-state index in [1.54, 1.807) is 0 Å². The molecule has 1 saturated heterocycles. The maximum Gasteiger partial charge on any atom is 0.0850 e. The van der Waals surface area contributed by atoms with Gasteiger partial charge in [-0.05, 0) is 17.5 Å². The van der Waals surface area contributed by atoms with Gasteiger partial charge in [0.05, 0.1) is 32.0 Å². The summed E-state index contributed by atoms with van der Waals surface area (Å²) >= 11 is 0. The van der Waals surface area contributed by atoms with Crippen LogP contribution in [0.15, 0.2) is 60.7 Å². The largest absolute Gasteiger partial charge is 0.395 e. The van der Waals surface area contributed by atoms with Gasteiger partial charge in [0.25, 0.3) is 0 Å². The zero-order valence-corrected chi connectivity index (χ0v) is 16.4. The molecule has 6 nitrogen and oxygen atoms in total. The second-order valence-electron chi connectivity index (χ2n) is 6.43. The highest BCUT2D eigenvalue weighted by atomic mass is 16.6. The number of benzene rings is 2. The van der Waals surface area contributed by atoms with Crippen molar-refractivity contribution in [2.75, 3.05) is 39.5 Å². The van der Waals surface area contributed by atoms with E-state index < -0.39 is 0 Å². The standard InChI is InChI=1S/C11H17NO2.C9H10O.C2H7NO/c13-7-6-12-9-11(14)8-10-4-2-1-3-5-10;1-2-4-8(5-3-1)6-9-7-10-9;3-1-2-4/h1-5,11-14H,6-9H2;1-5,9H,6-7H2;4H,1-3H2. The molecule has 0 amide bonds. The SMILES string of the molecule is NCCO.OCCNCC(O)Cc1ccccc1.c1ccc(CC2CO2)cc1. The molecule has 0 aromatic heterocycles. The van der Waals surface area contributed by atoms with Crippen molar-refractivity contribution in [3.05, 3.63) is 71.8 Å². The highest BCUT2D eigenvalue weighted by Crippen LogP contribution is 2.15. The Kier molecular flexibility index (Phi) is 14.0. The molecule has 2 unspecified atom stereocenters. The number of nitrogens with two attached hydrogens (primary N) is 1. The van der Waals surface area contributed by atoms with E-state index in [2.05, 4.69) is 29.6 Å². The van der Waals surface area contributed by atoms with Crippen molar-refractivity contribution >= 4 is 0 Å². The van der Waals surface area contributed by atoms with E-state index in [9.17, 15) is 5.11 Å². The molecule has 2 atom stereocenters. The van der Waals surface area contributed by atoms with E-state index in [1.165, 1.54) is 5.56 Å². The Balaban J connectivity index is 0.000000243. The van der Waals surface area contributed by atoms with Crippen molar-refractivity contribution < 1.29 is 20.1 Å². The summed E-state index contributed by atoms with van der Waals surface area (Å²) in [6, 6.07) is 20.3. The predicted octanol–water partition coefficient (Wildman–Crippen LogP) is 0.737. The Morgan fingerprint density at radius 2 is 1.50 bits per heavy atom. The van der Waals surface area contributed by atoms with Crippen LogP contribution >= 0.6 is 0 Å². The fourth-order valence-corrected chi connectivity index (χ4v) is 2.37. The summed E-state index contributed by atoms with van der Waals surface area (Å²) in [5, 5.41) is 28.8. The number of epoxide rings is 1. The third-order valence-corrected chi connectivity index (χ3v) is 3.82. The van der Waals surface area contributed by atoms with Crippen LogP contribution in [0.3, 0.4) is 0 Å². The smallest absolute Gasteiger partial charge is 0.0850 e. The van der Waals surface area contributed by atoms with Gasteiger partial charge in [0.2, 0.25) is 0 Å². The number of aliphatic hydroxyl groups excluding tert-OH is 3. The minimum absolute atomic E-state index is 0.0972. The van der Waals surface area contributed by atoms with Gasteiger partial charge in [-0.25, -0.2) is 0 Å². The zero-order valence-electron chi connectivity index (χ0n) is 16.4. The Labute approximate surface area is 168 Å². The number of aliphatic hydroxyl groups is 3. The van der Waals surface area contributed by atoms with Crippen LogP contribution in [0.5, 0.6) is 0 Å². The van der Waals surface area contributed by atoms with Crippen molar-refractivity contribution in [2.24, 2.45) is 5.73 Å². The molecule has 156 valence electrons. The van der Waals surface area contributed by atoms with Crippen molar-refractivity contribution in [3.63, 3.8) is 0 Å². The molecule has 28 heavy (non-hydrogen) atoms. The first-order chi connectivity index (χ1) is 13.7. The van der Waals surface area contributed by atoms with Crippen LogP contribution in [0.4, 0.5) is 0 Å². The molecule has 6 heteroatoms. The maximum absolute atomic E-state index is 9.59. The number of hydrogen-bond acceptors (Lipinski definition) is 6. The summed E-state index contributed by atoms with van der Waals surface area (Å²) in [7, 11) is 0. The lowest BCUT2D eigenvalue weighted by Gasteiger charge is -2.10. The molecule has 0 saturated carbocycles. The van der Waals surface area contributed by atoms with Crippen molar-refractivity contribution in [2.45, 2.75) is 25.0 Å². The van der Waals surface area contributed by atoms with Gasteiger partial charge in [0, 0.05) is 26.1 Å². The Morgan fingerprint density at radius 3 is 1.96 bits per heavy atom. The third kappa shape index (κ3) is 13.4. The lowest BCUT2D eigenvalue weighted by Crippen LogP contribution is -2.30. The first-order valence-electron chi connectivity index (χ1n) is 9.69. The predicted molar refractivity (Wildman–Crippen MR) is 112 cm³/mol. The quantitative estimate of drug-likeness (QED) is 0.319. The molecule has 1 fully saturated rings. The van der Waals surface area contributed by atoms with Gasteiger partial charge >= 0.3 is 0 Å². The highest BCUT2D eigenvalue weighted by Gasteiger charge is 2.21. The van der Waals surface area contributed by atoms with Crippen LogP contribution in [0.2, 0.25) is 0 Å². The van der Waals surface area contributed by atoms with Crippen molar-refractivity contribution in [1.29, 1.82) is 0 Å². The van der Waals surface area contributed by atoms with Crippen LogP contribution in [0.1, 0.15) is 11.1 Å². The number of nitrogens with one attached hydrogen (secondary N) is 1. The summed E-state index contributed by atoms with van der Waals surface area (Å²) in [5.41, 5.74) is 7.29. The molecule has 2 aromatic rings. The van der Waals surface area contributed by atoms with E-state index in [0.29, 0.717) is 32.2 Å². The summed E-state index contributed by atoms with van der Waals surface area (Å²) in [5.74, 6) is 0. The van der Waals surface area contributed by atoms with Crippen LogP contribution < -0.4 is 11.1 Å². The van der Waals surface area contributed by atoms with Crippen molar-refractivity contribution in [1.82, 2.24) is 5.32 Å². The van der Waals surface area contributed by atoms with E-state index in [0.717, 1.165) is 18.6 Å². The average molecular weight is 391 g/mol. The van der Waals surface area contributed by atoms with Gasteiger partial charge in [0.1, 0.15) is 0 Å². The molecule has 0 spiro atoms. The molecular weight excluding hydrogens is 356 g/mol. The first-order valence-corrected chi connectivity index (χ1v) is 9.69. The van der Waals surface area contributed by atoms with E-state index in [1.807, 2.05) is 36.4 Å². The molecule has 3 rings (SSSR count). The highest BCUT2D eigenvalue weighted by molar-refractivity contribution is 5.16. The summed E-state index contributed by atoms with van der Waals surface area (Å²) in [4.78, 5) is 0. The second kappa shape index (κ2) is 16.2. The molecule has 0 radical (unpaired) electrons. The van der Waals surface area contributed by atoms with Crippen LogP contribution in [0, 0.1) is 0 Å². The van der Waals surface area contributed by atoms with Crippen LogP contribution in [-0.4, -0.2) is 67.0 Å². The number of hydrogen-bond donors (Lipinski definition) is 5. The van der Waals surface area contributed by atoms with Gasteiger partial charge in [-0.3, -0.25) is 0 Å². The van der Waals surface area contributed by atoms with E-state index in [4.69, 9.17) is 20.7 Å². The van der Waals surface area contributed by atoms with E-state index in [-0.39, 0.29) is 19.3 Å². The van der Waals surface area contributed by atoms with Gasteiger partial charge in [-0.2, -0.15) is 0 Å². The Hall–Kier alpha value is -1.80. The molecule has 0 aliphatic carbocycles. The van der Waals surface area contributed by atoms with Gasteiger partial charge in [0.15, 0.2) is 0 Å². The molecular formula is C22H34N2O4. The molecule has 1 aliphatic heterocycles. The fourth-order valence-electron chi connectivity index (χ4n) is 2.37. The van der Waals surface area contributed by atoms with Crippen LogP contribution in [0.25, 0.3) is 0 Å². The number of ether oxygens (including phenoxy) is 1. The molecule has 1 heterocycles. The lowest BCUT2D eigenvalue weighted by molar-refractivity contribution is 0.168. The summed E-state index contributed by atoms with van der Waals surface area (Å²) in [6.07, 6.45) is 1.87. The number of rotatable bonds is 9. The Morgan fingerprint density at radius 1 is 0.964 bits per heavy atom. The normalized spacial score (nSPS) is 15.5. The van der Waals surface area contributed by atoms with Crippen LogP contribution in [-0.2, 0) is 17.6 Å². The molecule has 1 aliphatic rings. The van der Waals surface area contributed by atoms with Crippen molar-refractivity contribution in [3.8, 4) is 0 Å². The van der Waals surface area contributed by atoms with Gasteiger partial charge in [-0.15, -0.1) is 0 Å².